The first-order valence-corrected chi connectivity index (χ1v) is 7.45. The van der Waals surface area contributed by atoms with E-state index in [9.17, 15) is 9.59 Å². The molecule has 2 amide bonds. The molecular weight excluding hydrogens is 266 g/mol. The number of hydrogen-bond donors (Lipinski definition) is 3. The molecule has 21 heavy (non-hydrogen) atoms. The highest BCUT2D eigenvalue weighted by atomic mass is 16.2. The van der Waals surface area contributed by atoms with Gasteiger partial charge >= 0.3 is 0 Å². The molecule has 1 fully saturated rings. The van der Waals surface area contributed by atoms with Crippen molar-refractivity contribution in [1.29, 1.82) is 0 Å². The summed E-state index contributed by atoms with van der Waals surface area (Å²) in [6, 6.07) is 7.59. The SMILES string of the molecule is Cc1ccc(C(=O)NCCNC(C)C(=O)NC2CC2)cc1. The van der Waals surface area contributed by atoms with Crippen molar-refractivity contribution < 1.29 is 9.59 Å². The van der Waals surface area contributed by atoms with Gasteiger partial charge in [0.1, 0.15) is 0 Å². The first kappa shape index (κ1) is 15.5. The molecule has 5 heteroatoms. The summed E-state index contributed by atoms with van der Waals surface area (Å²) in [7, 11) is 0. The minimum Gasteiger partial charge on any atom is -0.352 e. The number of aryl methyl sites for hydroxylation is 1. The zero-order chi connectivity index (χ0) is 15.2. The second kappa shape index (κ2) is 7.22. The van der Waals surface area contributed by atoms with E-state index in [0.29, 0.717) is 24.7 Å². The van der Waals surface area contributed by atoms with E-state index in [1.165, 1.54) is 0 Å². The number of carbonyl (C=O) groups is 2. The van der Waals surface area contributed by atoms with E-state index in [1.54, 1.807) is 0 Å². The van der Waals surface area contributed by atoms with Gasteiger partial charge in [-0.05, 0) is 38.8 Å². The summed E-state index contributed by atoms with van der Waals surface area (Å²) >= 11 is 0. The van der Waals surface area contributed by atoms with Crippen molar-refractivity contribution in [2.45, 2.75) is 38.8 Å². The largest absolute Gasteiger partial charge is 0.352 e. The lowest BCUT2D eigenvalue weighted by molar-refractivity contribution is -0.122. The molecule has 1 aromatic carbocycles. The average molecular weight is 289 g/mol. The summed E-state index contributed by atoms with van der Waals surface area (Å²) in [4.78, 5) is 23.6. The summed E-state index contributed by atoms with van der Waals surface area (Å²) in [5.74, 6) is -0.0609. The van der Waals surface area contributed by atoms with E-state index in [-0.39, 0.29) is 17.9 Å². The van der Waals surface area contributed by atoms with Gasteiger partial charge in [-0.2, -0.15) is 0 Å². The topological polar surface area (TPSA) is 70.2 Å². The Morgan fingerprint density at radius 3 is 2.48 bits per heavy atom. The van der Waals surface area contributed by atoms with E-state index < -0.39 is 0 Å². The van der Waals surface area contributed by atoms with Crippen molar-refractivity contribution in [3.63, 3.8) is 0 Å². The maximum Gasteiger partial charge on any atom is 0.251 e. The fourth-order valence-electron chi connectivity index (χ4n) is 1.92. The number of amides is 2. The van der Waals surface area contributed by atoms with Crippen molar-refractivity contribution in [3.8, 4) is 0 Å². The Bertz CT molecular complexity index is 495. The molecule has 0 heterocycles. The van der Waals surface area contributed by atoms with Crippen molar-refractivity contribution in [1.82, 2.24) is 16.0 Å². The predicted molar refractivity (Wildman–Crippen MR) is 82.1 cm³/mol. The van der Waals surface area contributed by atoms with E-state index in [1.807, 2.05) is 38.1 Å². The molecule has 1 unspecified atom stereocenters. The second-order valence-corrected chi connectivity index (χ2v) is 5.58. The molecule has 3 N–H and O–H groups in total. The third kappa shape index (κ3) is 5.19. The highest BCUT2D eigenvalue weighted by molar-refractivity contribution is 5.94. The Hall–Kier alpha value is -1.88. The van der Waals surface area contributed by atoms with Gasteiger partial charge in [-0.15, -0.1) is 0 Å². The first-order chi connectivity index (χ1) is 10.1. The molecule has 114 valence electrons. The summed E-state index contributed by atoms with van der Waals surface area (Å²) < 4.78 is 0. The van der Waals surface area contributed by atoms with E-state index in [2.05, 4.69) is 16.0 Å². The van der Waals surface area contributed by atoms with Gasteiger partial charge in [-0.3, -0.25) is 9.59 Å². The highest BCUT2D eigenvalue weighted by Gasteiger charge is 2.25. The van der Waals surface area contributed by atoms with Crippen LogP contribution in [0.2, 0.25) is 0 Å². The minimum absolute atomic E-state index is 0.0300. The molecule has 1 saturated carbocycles. The fraction of sp³-hybridized carbons (Fsp3) is 0.500. The zero-order valence-electron chi connectivity index (χ0n) is 12.6. The van der Waals surface area contributed by atoms with Crippen LogP contribution < -0.4 is 16.0 Å². The number of nitrogens with one attached hydrogen (secondary N) is 3. The maximum atomic E-state index is 11.9. The predicted octanol–water partition coefficient (Wildman–Crippen LogP) is 0.982. The Morgan fingerprint density at radius 1 is 1.19 bits per heavy atom. The van der Waals surface area contributed by atoms with E-state index in [0.717, 1.165) is 18.4 Å². The highest BCUT2D eigenvalue weighted by Crippen LogP contribution is 2.18. The minimum atomic E-state index is -0.234. The van der Waals surface area contributed by atoms with Crippen LogP contribution in [0.15, 0.2) is 24.3 Å². The molecule has 0 aromatic heterocycles. The van der Waals surface area contributed by atoms with Crippen LogP contribution in [0, 0.1) is 6.92 Å². The molecule has 0 spiro atoms. The quantitative estimate of drug-likeness (QED) is 0.655. The molecule has 5 nitrogen and oxygen atoms in total. The average Bonchev–Trinajstić information content (AvgIpc) is 3.27. The molecule has 0 radical (unpaired) electrons. The van der Waals surface area contributed by atoms with Crippen molar-refractivity contribution >= 4 is 11.8 Å². The molecular formula is C16H23N3O2. The van der Waals surface area contributed by atoms with Crippen molar-refractivity contribution in [2.75, 3.05) is 13.1 Å². The van der Waals surface area contributed by atoms with E-state index in [4.69, 9.17) is 0 Å². The molecule has 0 bridgehead atoms. The molecule has 1 aromatic rings. The summed E-state index contributed by atoms with van der Waals surface area (Å²) in [5.41, 5.74) is 1.78. The Labute approximate surface area is 125 Å². The van der Waals surface area contributed by atoms with Crippen LogP contribution in [0.25, 0.3) is 0 Å². The molecule has 1 aliphatic rings. The number of rotatable bonds is 7. The smallest absolute Gasteiger partial charge is 0.251 e. The summed E-state index contributed by atoms with van der Waals surface area (Å²) in [6.07, 6.45) is 2.18. The van der Waals surface area contributed by atoms with Crippen LogP contribution in [0.3, 0.4) is 0 Å². The van der Waals surface area contributed by atoms with E-state index >= 15 is 0 Å². The molecule has 1 aliphatic carbocycles. The molecule has 0 saturated heterocycles. The molecule has 0 aliphatic heterocycles. The summed E-state index contributed by atoms with van der Waals surface area (Å²) in [5, 5.41) is 8.88. The van der Waals surface area contributed by atoms with Gasteiger partial charge < -0.3 is 16.0 Å². The van der Waals surface area contributed by atoms with Crippen LogP contribution >= 0.6 is 0 Å². The first-order valence-electron chi connectivity index (χ1n) is 7.45. The van der Waals surface area contributed by atoms with Crippen LogP contribution in [-0.2, 0) is 4.79 Å². The lowest BCUT2D eigenvalue weighted by atomic mass is 10.1. The normalized spacial score (nSPS) is 15.3. The van der Waals surface area contributed by atoms with Gasteiger partial charge in [0.15, 0.2) is 0 Å². The maximum absolute atomic E-state index is 11.9. The van der Waals surface area contributed by atoms with Gasteiger partial charge in [0.25, 0.3) is 5.91 Å². The van der Waals surface area contributed by atoms with Gasteiger partial charge in [-0.25, -0.2) is 0 Å². The van der Waals surface area contributed by atoms with Crippen LogP contribution in [0.5, 0.6) is 0 Å². The molecule has 2 rings (SSSR count). The Balaban J connectivity index is 1.63. The monoisotopic (exact) mass is 289 g/mol. The number of carbonyl (C=O) groups excluding carboxylic acids is 2. The van der Waals surface area contributed by atoms with Gasteiger partial charge in [-0.1, -0.05) is 17.7 Å². The van der Waals surface area contributed by atoms with Crippen molar-refractivity contribution in [2.24, 2.45) is 0 Å². The lowest BCUT2D eigenvalue weighted by Crippen LogP contribution is -2.45. The van der Waals surface area contributed by atoms with Crippen LogP contribution in [0.1, 0.15) is 35.7 Å². The standard InChI is InChI=1S/C16H23N3O2/c1-11-3-5-13(6-4-11)16(21)18-10-9-17-12(2)15(20)19-14-7-8-14/h3-6,12,14,17H,7-10H2,1-2H3,(H,18,21)(H,19,20). The third-order valence-electron chi connectivity index (χ3n) is 3.49. The lowest BCUT2D eigenvalue weighted by Gasteiger charge is -2.14. The second-order valence-electron chi connectivity index (χ2n) is 5.58. The number of hydrogen-bond acceptors (Lipinski definition) is 3. The van der Waals surface area contributed by atoms with Crippen LogP contribution in [0.4, 0.5) is 0 Å². The Morgan fingerprint density at radius 2 is 1.86 bits per heavy atom. The van der Waals surface area contributed by atoms with Gasteiger partial charge in [0.05, 0.1) is 6.04 Å². The van der Waals surface area contributed by atoms with Crippen molar-refractivity contribution in [3.05, 3.63) is 35.4 Å². The van der Waals surface area contributed by atoms with Crippen LogP contribution in [-0.4, -0.2) is 37.0 Å². The molecule has 1 atom stereocenters. The Kier molecular flexibility index (Phi) is 5.33. The number of benzene rings is 1. The third-order valence-corrected chi connectivity index (χ3v) is 3.49. The fourth-order valence-corrected chi connectivity index (χ4v) is 1.92. The summed E-state index contributed by atoms with van der Waals surface area (Å²) in [6.45, 7) is 4.88. The van der Waals surface area contributed by atoms with Gasteiger partial charge in [0.2, 0.25) is 5.91 Å². The zero-order valence-corrected chi connectivity index (χ0v) is 12.6. The van der Waals surface area contributed by atoms with Gasteiger partial charge in [0, 0.05) is 24.7 Å².